The lowest BCUT2D eigenvalue weighted by Crippen LogP contribution is -2.41. The van der Waals surface area contributed by atoms with Gasteiger partial charge in [0.1, 0.15) is 5.01 Å². The standard InChI is InChI=1S/C17H22N4O3S/c1-20(11-15-18-5-8-25-15)13-10-17(13)3-6-21(7-4-17)16(22)12-9-14(23-2)19-24-12/h5,8-9,13H,3-4,6-7,10-11H2,1-2H3/t13-/m1/s1. The van der Waals surface area contributed by atoms with Gasteiger partial charge in [-0.2, -0.15) is 0 Å². The van der Waals surface area contributed by atoms with Gasteiger partial charge < -0.3 is 14.2 Å². The lowest BCUT2D eigenvalue weighted by Gasteiger charge is -2.33. The van der Waals surface area contributed by atoms with Gasteiger partial charge in [0.15, 0.2) is 0 Å². The minimum atomic E-state index is -0.0982. The van der Waals surface area contributed by atoms with E-state index in [-0.39, 0.29) is 11.7 Å². The molecular formula is C17H22N4O3S. The minimum Gasteiger partial charge on any atom is -0.479 e. The third-order valence-electron chi connectivity index (χ3n) is 5.50. The number of carbonyl (C=O) groups excluding carboxylic acids is 1. The van der Waals surface area contributed by atoms with Crippen molar-refractivity contribution in [2.75, 3.05) is 27.2 Å². The molecule has 1 aliphatic heterocycles. The van der Waals surface area contributed by atoms with Crippen molar-refractivity contribution in [2.24, 2.45) is 5.41 Å². The molecule has 0 bridgehead atoms. The number of likely N-dealkylation sites (tertiary alicyclic amines) is 1. The molecule has 2 aromatic rings. The molecule has 0 N–H and O–H groups in total. The van der Waals surface area contributed by atoms with Gasteiger partial charge in [0, 0.05) is 30.7 Å². The third kappa shape index (κ3) is 3.16. The minimum absolute atomic E-state index is 0.0982. The monoisotopic (exact) mass is 362 g/mol. The summed E-state index contributed by atoms with van der Waals surface area (Å²) in [4.78, 5) is 21.2. The molecule has 8 heteroatoms. The van der Waals surface area contributed by atoms with E-state index >= 15 is 0 Å². The Morgan fingerprint density at radius 1 is 1.52 bits per heavy atom. The summed E-state index contributed by atoms with van der Waals surface area (Å²) in [5, 5.41) is 6.89. The smallest absolute Gasteiger partial charge is 0.292 e. The summed E-state index contributed by atoms with van der Waals surface area (Å²) in [6.45, 7) is 2.44. The SMILES string of the molecule is COc1cc(C(=O)N2CCC3(CC2)C[C@H]3N(C)Cc2nccs2)on1. The van der Waals surface area contributed by atoms with Gasteiger partial charge in [-0.15, -0.1) is 11.3 Å². The molecule has 4 rings (SSSR count). The van der Waals surface area contributed by atoms with Gasteiger partial charge in [-0.1, -0.05) is 0 Å². The molecule has 1 amide bonds. The quantitative estimate of drug-likeness (QED) is 0.812. The van der Waals surface area contributed by atoms with Gasteiger partial charge in [-0.3, -0.25) is 9.69 Å². The van der Waals surface area contributed by atoms with Crippen LogP contribution >= 0.6 is 11.3 Å². The summed E-state index contributed by atoms with van der Waals surface area (Å²) in [6.07, 6.45) is 5.15. The first-order chi connectivity index (χ1) is 12.1. The van der Waals surface area contributed by atoms with Crippen molar-refractivity contribution in [3.05, 3.63) is 28.4 Å². The lowest BCUT2D eigenvalue weighted by molar-refractivity contribution is 0.0616. The summed E-state index contributed by atoms with van der Waals surface area (Å²) in [6, 6.07) is 2.15. The van der Waals surface area contributed by atoms with Crippen LogP contribution in [0.1, 0.15) is 34.8 Å². The van der Waals surface area contributed by atoms with Crippen LogP contribution in [0, 0.1) is 5.41 Å². The first-order valence-electron chi connectivity index (χ1n) is 8.50. The second-order valence-electron chi connectivity index (χ2n) is 6.95. The van der Waals surface area contributed by atoms with Crippen LogP contribution in [0.2, 0.25) is 0 Å². The van der Waals surface area contributed by atoms with Crippen molar-refractivity contribution in [2.45, 2.75) is 31.8 Å². The highest BCUT2D eigenvalue weighted by Gasteiger charge is 2.57. The maximum absolute atomic E-state index is 12.5. The van der Waals surface area contributed by atoms with Crippen LogP contribution in [0.15, 0.2) is 22.2 Å². The van der Waals surface area contributed by atoms with Crippen LogP contribution in [-0.2, 0) is 6.54 Å². The largest absolute Gasteiger partial charge is 0.479 e. The Labute approximate surface area is 150 Å². The first-order valence-corrected chi connectivity index (χ1v) is 9.38. The Kier molecular flexibility index (Phi) is 4.24. The Morgan fingerprint density at radius 2 is 2.32 bits per heavy atom. The van der Waals surface area contributed by atoms with Crippen molar-refractivity contribution < 1.29 is 14.1 Å². The van der Waals surface area contributed by atoms with E-state index in [4.69, 9.17) is 9.26 Å². The van der Waals surface area contributed by atoms with E-state index in [1.54, 1.807) is 17.4 Å². The average Bonchev–Trinajstić information content (AvgIpc) is 3.02. The molecule has 1 spiro atoms. The van der Waals surface area contributed by atoms with E-state index in [1.807, 2.05) is 16.5 Å². The number of thiazole rings is 1. The van der Waals surface area contributed by atoms with Crippen LogP contribution in [0.5, 0.6) is 5.88 Å². The molecule has 0 aromatic carbocycles. The van der Waals surface area contributed by atoms with Gasteiger partial charge in [-0.05, 0) is 36.9 Å². The van der Waals surface area contributed by atoms with Crippen LogP contribution < -0.4 is 4.74 Å². The zero-order valence-electron chi connectivity index (χ0n) is 14.5. The van der Waals surface area contributed by atoms with Crippen molar-refractivity contribution in [1.29, 1.82) is 0 Å². The van der Waals surface area contributed by atoms with E-state index in [0.29, 0.717) is 17.3 Å². The number of nitrogens with zero attached hydrogens (tertiary/aromatic N) is 4. The van der Waals surface area contributed by atoms with E-state index < -0.39 is 0 Å². The van der Waals surface area contributed by atoms with Gasteiger partial charge in [0.2, 0.25) is 5.76 Å². The van der Waals surface area contributed by atoms with E-state index in [1.165, 1.54) is 13.5 Å². The number of hydrogen-bond acceptors (Lipinski definition) is 7. The third-order valence-corrected chi connectivity index (χ3v) is 6.27. The number of piperidine rings is 1. The van der Waals surface area contributed by atoms with Crippen LogP contribution in [0.4, 0.5) is 0 Å². The molecule has 0 radical (unpaired) electrons. The molecule has 1 saturated carbocycles. The van der Waals surface area contributed by atoms with Crippen molar-refractivity contribution >= 4 is 17.2 Å². The molecule has 2 aromatic heterocycles. The molecule has 2 aliphatic rings. The fraction of sp³-hybridized carbons (Fsp3) is 0.588. The van der Waals surface area contributed by atoms with Crippen LogP contribution in [0.25, 0.3) is 0 Å². The van der Waals surface area contributed by atoms with Gasteiger partial charge in [0.05, 0.1) is 19.7 Å². The zero-order chi connectivity index (χ0) is 17.4. The summed E-state index contributed by atoms with van der Waals surface area (Å²) in [7, 11) is 3.69. The second kappa shape index (κ2) is 6.42. The number of carbonyl (C=O) groups is 1. The average molecular weight is 362 g/mol. The molecule has 134 valence electrons. The topological polar surface area (TPSA) is 71.7 Å². The number of amides is 1. The van der Waals surface area contributed by atoms with Crippen LogP contribution in [-0.4, -0.2) is 59.1 Å². The molecule has 7 nitrogen and oxygen atoms in total. The molecule has 1 atom stereocenters. The molecule has 3 heterocycles. The molecule has 1 saturated heterocycles. The number of methoxy groups -OCH3 is 1. The van der Waals surface area contributed by atoms with Crippen molar-refractivity contribution in [3.8, 4) is 5.88 Å². The molecule has 1 aliphatic carbocycles. The maximum Gasteiger partial charge on any atom is 0.292 e. The highest BCUT2D eigenvalue weighted by atomic mass is 32.1. The molecule has 25 heavy (non-hydrogen) atoms. The second-order valence-corrected chi connectivity index (χ2v) is 7.93. The number of aromatic nitrogens is 2. The van der Waals surface area contributed by atoms with Gasteiger partial charge in [0.25, 0.3) is 11.8 Å². The van der Waals surface area contributed by atoms with Gasteiger partial charge in [-0.25, -0.2) is 4.98 Å². The van der Waals surface area contributed by atoms with Crippen molar-refractivity contribution in [1.82, 2.24) is 19.9 Å². The summed E-state index contributed by atoms with van der Waals surface area (Å²) in [5.74, 6) is 0.489. The Hall–Kier alpha value is -1.93. The number of rotatable bonds is 5. The van der Waals surface area contributed by atoms with E-state index in [2.05, 4.69) is 22.1 Å². The molecular weight excluding hydrogens is 340 g/mol. The summed E-state index contributed by atoms with van der Waals surface area (Å²) >= 11 is 1.71. The highest BCUT2D eigenvalue weighted by molar-refractivity contribution is 7.09. The summed E-state index contributed by atoms with van der Waals surface area (Å²) in [5.41, 5.74) is 0.363. The normalized spacial score (nSPS) is 21.7. The molecule has 2 fully saturated rings. The fourth-order valence-corrected chi connectivity index (χ4v) is 4.59. The fourth-order valence-electron chi connectivity index (χ4n) is 3.91. The Morgan fingerprint density at radius 3 is 2.96 bits per heavy atom. The van der Waals surface area contributed by atoms with Gasteiger partial charge >= 0.3 is 0 Å². The predicted octanol–water partition coefficient (Wildman–Crippen LogP) is 2.27. The van der Waals surface area contributed by atoms with E-state index in [9.17, 15) is 4.79 Å². The highest BCUT2D eigenvalue weighted by Crippen LogP contribution is 2.56. The lowest BCUT2D eigenvalue weighted by atomic mass is 9.92. The first kappa shape index (κ1) is 16.5. The van der Waals surface area contributed by atoms with Crippen LogP contribution in [0.3, 0.4) is 0 Å². The zero-order valence-corrected chi connectivity index (χ0v) is 15.3. The summed E-state index contributed by atoms with van der Waals surface area (Å²) < 4.78 is 10.0. The number of ether oxygens (including phenoxy) is 1. The maximum atomic E-state index is 12.5. The van der Waals surface area contributed by atoms with Crippen molar-refractivity contribution in [3.63, 3.8) is 0 Å². The molecule has 0 unspecified atom stereocenters. The van der Waals surface area contributed by atoms with E-state index in [0.717, 1.165) is 37.5 Å². The predicted molar refractivity (Wildman–Crippen MR) is 92.6 cm³/mol. The Balaban J connectivity index is 1.32. The Bertz CT molecular complexity index is 737. The number of hydrogen-bond donors (Lipinski definition) is 0.